The van der Waals surface area contributed by atoms with Gasteiger partial charge in [0.05, 0.1) is 0 Å². The highest BCUT2D eigenvalue weighted by Crippen LogP contribution is 2.30. The first kappa shape index (κ1) is 50.9. The molecule has 2 fully saturated rings. The number of aromatic nitrogens is 5. The first-order valence-corrected chi connectivity index (χ1v) is 21.7. The number of nitrogens with zero attached hydrogens (tertiary/aromatic N) is 5. The zero-order chi connectivity index (χ0) is 49.1. The number of carboxylic acids is 1. The molecule has 4 aromatic rings. The monoisotopic (exact) mass is 936 g/mol. The van der Waals surface area contributed by atoms with Gasteiger partial charge < -0.3 is 41.1 Å². The Kier molecular flexibility index (Phi) is 17.0. The van der Waals surface area contributed by atoms with Gasteiger partial charge in [0.1, 0.15) is 17.3 Å². The van der Waals surface area contributed by atoms with Gasteiger partial charge in [-0.05, 0) is 126 Å². The van der Waals surface area contributed by atoms with Crippen LogP contribution in [0.1, 0.15) is 88.0 Å². The molecule has 0 spiro atoms. The maximum atomic E-state index is 13.9. The average molecular weight is 937 g/mol. The molecule has 0 bridgehead atoms. The van der Waals surface area contributed by atoms with Gasteiger partial charge in [0, 0.05) is 60.0 Å². The Labute approximate surface area is 384 Å². The zero-order valence-electron chi connectivity index (χ0n) is 37.6. The normalized spacial score (nSPS) is 18.8. The van der Waals surface area contributed by atoms with Crippen LogP contribution in [0.15, 0.2) is 60.7 Å². The number of pyridine rings is 1. The third-order valence-electron chi connectivity index (χ3n) is 11.3. The van der Waals surface area contributed by atoms with E-state index in [0.29, 0.717) is 56.0 Å². The number of benzene rings is 2. The number of alkyl carbamates (subject to hydrolysis) is 1. The lowest BCUT2D eigenvalue weighted by Gasteiger charge is -2.36. The molecule has 0 radical (unpaired) electrons. The summed E-state index contributed by atoms with van der Waals surface area (Å²) in [6.07, 6.45) is -2.43. The summed E-state index contributed by atoms with van der Waals surface area (Å²) in [5, 5.41) is 42.3. The summed E-state index contributed by atoms with van der Waals surface area (Å²) in [4.78, 5) is 79.2. The Hall–Kier alpha value is -7.13. The highest BCUT2D eigenvalue weighted by Gasteiger charge is 2.38. The number of nitrogens with one attached hydrogen (secondary N) is 5. The average Bonchev–Trinajstić information content (AvgIpc) is 3.81. The number of aromatic amines is 1. The van der Waals surface area contributed by atoms with Crippen molar-refractivity contribution in [3.63, 3.8) is 0 Å². The van der Waals surface area contributed by atoms with Gasteiger partial charge >= 0.3 is 24.3 Å². The van der Waals surface area contributed by atoms with Gasteiger partial charge in [0.2, 0.25) is 17.6 Å². The number of aryl methyl sites for hydroxylation is 1. The van der Waals surface area contributed by atoms with E-state index in [9.17, 15) is 42.3 Å². The van der Waals surface area contributed by atoms with Gasteiger partial charge in [-0.2, -0.15) is 18.4 Å². The van der Waals surface area contributed by atoms with E-state index in [1.54, 1.807) is 30.3 Å². The molecule has 0 unspecified atom stereocenters. The van der Waals surface area contributed by atoms with Crippen LogP contribution in [0.2, 0.25) is 0 Å². The van der Waals surface area contributed by atoms with E-state index in [2.05, 4.69) is 46.9 Å². The third-order valence-corrected chi connectivity index (χ3v) is 11.3. The van der Waals surface area contributed by atoms with Gasteiger partial charge in [-0.25, -0.2) is 19.4 Å². The maximum absolute atomic E-state index is 13.9. The van der Waals surface area contributed by atoms with E-state index in [0.717, 1.165) is 35.1 Å². The first-order valence-electron chi connectivity index (χ1n) is 21.7. The van der Waals surface area contributed by atoms with Crippen LogP contribution in [-0.2, 0) is 25.5 Å². The van der Waals surface area contributed by atoms with Crippen molar-refractivity contribution in [2.75, 3.05) is 18.4 Å². The number of carbonyl (C=O) groups is 6. The second-order valence-corrected chi connectivity index (χ2v) is 17.5. The molecule has 1 saturated heterocycles. The number of hydrogen-bond acceptors (Lipinski definition) is 11. The molecule has 5 amide bonds. The molecule has 2 aromatic carbocycles. The van der Waals surface area contributed by atoms with Crippen LogP contribution in [0.4, 0.5) is 28.4 Å². The largest absolute Gasteiger partial charge is 0.490 e. The molecule has 1 saturated carbocycles. The van der Waals surface area contributed by atoms with Gasteiger partial charge in [-0.15, -0.1) is 10.2 Å². The van der Waals surface area contributed by atoms with Crippen LogP contribution < -0.4 is 21.3 Å². The summed E-state index contributed by atoms with van der Waals surface area (Å²) in [6.45, 7) is 9.95. The maximum Gasteiger partial charge on any atom is 0.490 e. The molecular formula is C45H55F3N10O9. The van der Waals surface area contributed by atoms with Gasteiger partial charge in [-0.3, -0.25) is 14.4 Å². The second kappa shape index (κ2) is 22.4. The minimum atomic E-state index is -5.08. The number of rotatable bonds is 12. The lowest BCUT2D eigenvalue weighted by atomic mass is 9.81. The van der Waals surface area contributed by atoms with Crippen molar-refractivity contribution in [3.05, 3.63) is 77.6 Å². The molecule has 6 rings (SSSR count). The zero-order valence-corrected chi connectivity index (χ0v) is 37.6. The van der Waals surface area contributed by atoms with Crippen LogP contribution in [0.3, 0.4) is 0 Å². The van der Waals surface area contributed by atoms with Crippen LogP contribution in [0, 0.1) is 18.8 Å². The standard InChI is InChI=1S/C43H54N10O7.C2HF3O2/c1-25-22-33(20-21-53(25)42(58)59)47-39(55)35-19-18-34(26(2)45-35)29-10-6-27(7-11-29)23-36(40(56)46-32-16-14-30(15-17-32)37-49-51-52-50-37)48-38(54)31-12-8-28(9-13-31)24-44-41(57)60-43(3,4)5;3-2(4,5)1(6)7/h6-7,10-11,14-19,25,28,31,33,36H,8-9,12-13,20-24H2,1-5H3,(H,44,57)(H,46,56)(H,47,55)(H,48,54)(H,58,59)(H,49,50,51,52);(H,6,7)/t25-,28?,31?,33-,36+;/m1./s1. The summed E-state index contributed by atoms with van der Waals surface area (Å²) in [5.74, 6) is -3.25. The topological polar surface area (TPSA) is 271 Å². The number of piperidine rings is 1. The van der Waals surface area contributed by atoms with Crippen LogP contribution in [0.5, 0.6) is 0 Å². The molecule has 360 valence electrons. The molecule has 7 N–H and O–H groups in total. The molecule has 19 nitrogen and oxygen atoms in total. The molecule has 3 atom stereocenters. The predicted octanol–water partition coefficient (Wildman–Crippen LogP) is 6.13. The molecule has 1 aliphatic heterocycles. The van der Waals surface area contributed by atoms with E-state index in [1.165, 1.54) is 4.90 Å². The van der Waals surface area contributed by atoms with E-state index in [-0.39, 0.29) is 53.8 Å². The van der Waals surface area contributed by atoms with Crippen molar-refractivity contribution >= 4 is 41.6 Å². The van der Waals surface area contributed by atoms with Gasteiger partial charge in [-0.1, -0.05) is 30.3 Å². The van der Waals surface area contributed by atoms with Gasteiger partial charge in [0.25, 0.3) is 5.91 Å². The Bertz CT molecular complexity index is 2350. The number of aliphatic carboxylic acids is 1. The van der Waals surface area contributed by atoms with E-state index in [1.807, 2.05) is 65.0 Å². The summed E-state index contributed by atoms with van der Waals surface area (Å²) in [6, 6.07) is 17.0. The smallest absolute Gasteiger partial charge is 0.475 e. The molecule has 2 aliphatic rings. The molecule has 2 aromatic heterocycles. The van der Waals surface area contributed by atoms with Crippen molar-refractivity contribution in [1.29, 1.82) is 0 Å². The lowest BCUT2D eigenvalue weighted by Crippen LogP contribution is -2.50. The van der Waals surface area contributed by atoms with Crippen molar-refractivity contribution < 1.29 is 56.9 Å². The van der Waals surface area contributed by atoms with Crippen LogP contribution in [0.25, 0.3) is 22.5 Å². The Morgan fingerprint density at radius 3 is 2.09 bits per heavy atom. The third kappa shape index (κ3) is 15.2. The summed E-state index contributed by atoms with van der Waals surface area (Å²) < 4.78 is 37.1. The summed E-state index contributed by atoms with van der Waals surface area (Å²) in [7, 11) is 0. The predicted molar refractivity (Wildman–Crippen MR) is 236 cm³/mol. The van der Waals surface area contributed by atoms with Crippen molar-refractivity contribution in [1.82, 2.24) is 46.5 Å². The minimum Gasteiger partial charge on any atom is -0.475 e. The number of tetrazole rings is 1. The SMILES string of the molecule is Cc1nc(C(=O)N[C@@H]2CCN(C(=O)O)[C@H](C)C2)ccc1-c1ccc(C[C@H](NC(=O)C2CCC(CNC(=O)OC(C)(C)C)CC2)C(=O)Nc2ccc(-c3nn[nH]n3)cc2)cc1.O=C(O)C(F)(F)F. The number of carbonyl (C=O) groups excluding carboxylic acids is 4. The molecule has 1 aliphatic carbocycles. The fourth-order valence-corrected chi connectivity index (χ4v) is 7.78. The van der Waals surface area contributed by atoms with Crippen molar-refractivity contribution in [3.8, 4) is 22.5 Å². The number of ether oxygens (including phenoxy) is 1. The highest BCUT2D eigenvalue weighted by atomic mass is 19.4. The van der Waals surface area contributed by atoms with E-state index < -0.39 is 36.0 Å². The summed E-state index contributed by atoms with van der Waals surface area (Å²) >= 11 is 0. The number of hydrogen-bond donors (Lipinski definition) is 7. The number of amides is 5. The fourth-order valence-electron chi connectivity index (χ4n) is 7.78. The number of H-pyrrole nitrogens is 1. The van der Waals surface area contributed by atoms with E-state index in [4.69, 9.17) is 14.6 Å². The quantitative estimate of drug-likeness (QED) is 0.0844. The van der Waals surface area contributed by atoms with Crippen molar-refractivity contribution in [2.45, 2.75) is 109 Å². The van der Waals surface area contributed by atoms with Crippen molar-refractivity contribution in [2.24, 2.45) is 11.8 Å². The fraction of sp³-hybridized carbons (Fsp3) is 0.467. The Balaban J connectivity index is 0.00000111. The first-order chi connectivity index (χ1) is 31.6. The van der Waals surface area contributed by atoms with Crippen LogP contribution >= 0.6 is 0 Å². The van der Waals surface area contributed by atoms with Gasteiger partial charge in [0.15, 0.2) is 0 Å². The summed E-state index contributed by atoms with van der Waals surface area (Å²) in [5.41, 5.74) is 4.15. The highest BCUT2D eigenvalue weighted by molar-refractivity contribution is 5.98. The number of carboxylic acid groups (broad SMARTS) is 2. The number of alkyl halides is 3. The molecule has 22 heteroatoms. The number of likely N-dealkylation sites (tertiary alicyclic amines) is 1. The molecular weight excluding hydrogens is 882 g/mol. The number of anilines is 1. The second-order valence-electron chi connectivity index (χ2n) is 17.5. The number of halogens is 3. The van der Waals surface area contributed by atoms with E-state index >= 15 is 0 Å². The molecule has 3 heterocycles. The van der Waals surface area contributed by atoms with Crippen LogP contribution in [-0.4, -0.2) is 120 Å². The minimum absolute atomic E-state index is 0.147. The lowest BCUT2D eigenvalue weighted by molar-refractivity contribution is -0.192. The Morgan fingerprint density at radius 2 is 1.54 bits per heavy atom. The molecule has 67 heavy (non-hydrogen) atoms. The Morgan fingerprint density at radius 1 is 0.896 bits per heavy atom.